The van der Waals surface area contributed by atoms with Gasteiger partial charge >= 0.3 is 0 Å². The second kappa shape index (κ2) is 6.27. The van der Waals surface area contributed by atoms with Crippen LogP contribution in [0.1, 0.15) is 53.2 Å². The monoisotopic (exact) mass is 271 g/mol. The molecule has 2 rings (SSSR count). The molecule has 0 bridgehead atoms. The van der Waals surface area contributed by atoms with E-state index in [2.05, 4.69) is 57.3 Å². The fourth-order valence-electron chi connectivity index (χ4n) is 2.80. The highest BCUT2D eigenvalue weighted by molar-refractivity contribution is 5.43. The largest absolute Gasteiger partial charge is 0.466 e. The van der Waals surface area contributed by atoms with Crippen molar-refractivity contribution in [2.75, 3.05) is 6.54 Å². The van der Waals surface area contributed by atoms with E-state index in [1.807, 2.05) is 6.92 Å². The number of nitrogens with one attached hydrogen (secondary N) is 1. The maximum atomic E-state index is 5.83. The molecule has 20 heavy (non-hydrogen) atoms. The number of hydrogen-bond donors (Lipinski definition) is 1. The Labute approximate surface area is 122 Å². The number of rotatable bonds is 5. The lowest BCUT2D eigenvalue weighted by atomic mass is 9.92. The second-order valence-corrected chi connectivity index (χ2v) is 5.50. The number of furan rings is 1. The van der Waals surface area contributed by atoms with Gasteiger partial charge in [0.25, 0.3) is 0 Å². The molecule has 1 atom stereocenters. The fraction of sp³-hybridized carbons (Fsp3) is 0.444. The zero-order valence-electron chi connectivity index (χ0n) is 13.2. The zero-order chi connectivity index (χ0) is 14.7. The highest BCUT2D eigenvalue weighted by Crippen LogP contribution is 2.32. The van der Waals surface area contributed by atoms with Gasteiger partial charge in [0, 0.05) is 5.56 Å². The standard InChI is InChI=1S/C18H25NO/c1-6-11-19-18(16-10-8-7-9-12(16)2)17-13(3)14(4)20-15(17)5/h7-10,18-19H,6,11H2,1-5H3. The van der Waals surface area contributed by atoms with Crippen LogP contribution in [0.15, 0.2) is 28.7 Å². The van der Waals surface area contributed by atoms with E-state index in [-0.39, 0.29) is 6.04 Å². The van der Waals surface area contributed by atoms with Gasteiger partial charge in [0.2, 0.25) is 0 Å². The third-order valence-electron chi connectivity index (χ3n) is 4.00. The molecule has 0 aliphatic carbocycles. The summed E-state index contributed by atoms with van der Waals surface area (Å²) in [5, 5.41) is 3.68. The summed E-state index contributed by atoms with van der Waals surface area (Å²) < 4.78 is 5.83. The molecule has 0 amide bonds. The second-order valence-electron chi connectivity index (χ2n) is 5.50. The molecule has 0 fully saturated rings. The molecule has 0 saturated heterocycles. The lowest BCUT2D eigenvalue weighted by Gasteiger charge is -2.21. The van der Waals surface area contributed by atoms with E-state index in [0.717, 1.165) is 24.5 Å². The van der Waals surface area contributed by atoms with Crippen LogP contribution < -0.4 is 5.32 Å². The highest BCUT2D eigenvalue weighted by Gasteiger charge is 2.23. The van der Waals surface area contributed by atoms with E-state index in [4.69, 9.17) is 4.42 Å². The van der Waals surface area contributed by atoms with Gasteiger partial charge in [0.15, 0.2) is 0 Å². The van der Waals surface area contributed by atoms with E-state index in [0.29, 0.717) is 0 Å². The molecule has 1 aromatic carbocycles. The van der Waals surface area contributed by atoms with Gasteiger partial charge < -0.3 is 9.73 Å². The molecule has 1 aromatic heterocycles. The van der Waals surface area contributed by atoms with Crippen LogP contribution in [0, 0.1) is 27.7 Å². The van der Waals surface area contributed by atoms with Crippen molar-refractivity contribution in [1.29, 1.82) is 0 Å². The summed E-state index contributed by atoms with van der Waals surface area (Å²) in [5.74, 6) is 2.05. The quantitative estimate of drug-likeness (QED) is 0.859. The SMILES string of the molecule is CCCNC(c1ccccc1C)c1c(C)oc(C)c1C. The molecule has 1 N–H and O–H groups in total. The molecule has 0 aliphatic rings. The number of aryl methyl sites for hydroxylation is 3. The first-order valence-electron chi connectivity index (χ1n) is 7.41. The predicted molar refractivity (Wildman–Crippen MR) is 84.2 cm³/mol. The molecule has 1 unspecified atom stereocenters. The Bertz CT molecular complexity index is 583. The smallest absolute Gasteiger partial charge is 0.106 e. The van der Waals surface area contributed by atoms with Gasteiger partial charge in [-0.05, 0) is 57.4 Å². The third-order valence-corrected chi connectivity index (χ3v) is 4.00. The van der Waals surface area contributed by atoms with Crippen molar-refractivity contribution in [3.05, 3.63) is 58.0 Å². The van der Waals surface area contributed by atoms with Crippen molar-refractivity contribution in [2.24, 2.45) is 0 Å². The van der Waals surface area contributed by atoms with Gasteiger partial charge in [0.05, 0.1) is 6.04 Å². The molecule has 0 saturated carbocycles. The summed E-state index contributed by atoms with van der Waals surface area (Å²) in [6.45, 7) is 11.6. The first-order chi connectivity index (χ1) is 9.56. The summed E-state index contributed by atoms with van der Waals surface area (Å²) in [6, 6.07) is 8.81. The third kappa shape index (κ3) is 2.80. The van der Waals surface area contributed by atoms with Crippen molar-refractivity contribution >= 4 is 0 Å². The van der Waals surface area contributed by atoms with E-state index in [1.54, 1.807) is 0 Å². The molecule has 0 spiro atoms. The summed E-state index contributed by atoms with van der Waals surface area (Å²) >= 11 is 0. The van der Waals surface area contributed by atoms with E-state index >= 15 is 0 Å². The molecule has 0 aliphatic heterocycles. The minimum Gasteiger partial charge on any atom is -0.466 e. The van der Waals surface area contributed by atoms with Crippen LogP contribution in [0.5, 0.6) is 0 Å². The number of hydrogen-bond acceptors (Lipinski definition) is 2. The maximum Gasteiger partial charge on any atom is 0.106 e. The lowest BCUT2D eigenvalue weighted by molar-refractivity contribution is 0.492. The Morgan fingerprint density at radius 2 is 1.75 bits per heavy atom. The fourth-order valence-corrected chi connectivity index (χ4v) is 2.80. The Balaban J connectivity index is 2.50. The molecule has 1 heterocycles. The normalized spacial score (nSPS) is 12.7. The molecule has 2 heteroatoms. The Hall–Kier alpha value is -1.54. The summed E-state index contributed by atoms with van der Waals surface area (Å²) in [4.78, 5) is 0. The van der Waals surface area contributed by atoms with Gasteiger partial charge in [-0.25, -0.2) is 0 Å². The summed E-state index contributed by atoms with van der Waals surface area (Å²) in [7, 11) is 0. The predicted octanol–water partition coefficient (Wildman–Crippen LogP) is 4.60. The van der Waals surface area contributed by atoms with Crippen molar-refractivity contribution in [1.82, 2.24) is 5.32 Å². The molecule has 0 radical (unpaired) electrons. The van der Waals surface area contributed by atoms with Crippen LogP contribution in [0.25, 0.3) is 0 Å². The zero-order valence-corrected chi connectivity index (χ0v) is 13.2. The summed E-state index contributed by atoms with van der Waals surface area (Å²) in [5.41, 5.74) is 5.22. The lowest BCUT2D eigenvalue weighted by Crippen LogP contribution is -2.24. The minimum absolute atomic E-state index is 0.216. The van der Waals surface area contributed by atoms with Crippen LogP contribution >= 0.6 is 0 Å². The first kappa shape index (κ1) is 14.9. The van der Waals surface area contributed by atoms with Crippen LogP contribution in [-0.4, -0.2) is 6.54 Å². The van der Waals surface area contributed by atoms with Crippen molar-refractivity contribution in [3.63, 3.8) is 0 Å². The average molecular weight is 271 g/mol. The Morgan fingerprint density at radius 3 is 2.30 bits per heavy atom. The molecular formula is C18H25NO. The van der Waals surface area contributed by atoms with Gasteiger partial charge in [-0.3, -0.25) is 0 Å². The van der Waals surface area contributed by atoms with Crippen molar-refractivity contribution in [3.8, 4) is 0 Å². The molecule has 108 valence electrons. The van der Waals surface area contributed by atoms with E-state index in [1.165, 1.54) is 22.3 Å². The van der Waals surface area contributed by atoms with Gasteiger partial charge in [0.1, 0.15) is 11.5 Å². The van der Waals surface area contributed by atoms with E-state index in [9.17, 15) is 0 Å². The Morgan fingerprint density at radius 1 is 1.05 bits per heavy atom. The van der Waals surface area contributed by atoms with Crippen molar-refractivity contribution < 1.29 is 4.42 Å². The molecule has 2 nitrogen and oxygen atoms in total. The topological polar surface area (TPSA) is 25.2 Å². The van der Waals surface area contributed by atoms with Gasteiger partial charge in [-0.15, -0.1) is 0 Å². The average Bonchev–Trinajstić information content (AvgIpc) is 2.67. The molecular weight excluding hydrogens is 246 g/mol. The Kier molecular flexibility index (Phi) is 4.66. The summed E-state index contributed by atoms with van der Waals surface area (Å²) in [6.07, 6.45) is 1.12. The van der Waals surface area contributed by atoms with E-state index < -0.39 is 0 Å². The first-order valence-corrected chi connectivity index (χ1v) is 7.41. The molecule has 2 aromatic rings. The van der Waals surface area contributed by atoms with Crippen LogP contribution in [0.2, 0.25) is 0 Å². The van der Waals surface area contributed by atoms with Crippen LogP contribution in [0.4, 0.5) is 0 Å². The van der Waals surface area contributed by atoms with Gasteiger partial charge in [-0.2, -0.15) is 0 Å². The van der Waals surface area contributed by atoms with Crippen LogP contribution in [0.3, 0.4) is 0 Å². The van der Waals surface area contributed by atoms with Gasteiger partial charge in [-0.1, -0.05) is 31.2 Å². The minimum atomic E-state index is 0.216. The maximum absolute atomic E-state index is 5.83. The van der Waals surface area contributed by atoms with Crippen molar-refractivity contribution in [2.45, 2.75) is 47.1 Å². The van der Waals surface area contributed by atoms with Crippen LogP contribution in [-0.2, 0) is 0 Å². The number of benzene rings is 1. The highest BCUT2D eigenvalue weighted by atomic mass is 16.3.